The minimum absolute atomic E-state index is 0.104. The number of hydrogen-bond donors (Lipinski definition) is 2. The number of ether oxygens (including phenoxy) is 1. The van der Waals surface area contributed by atoms with Gasteiger partial charge in [0.2, 0.25) is 5.91 Å². The number of aryl methyl sites for hydroxylation is 1. The Balaban J connectivity index is 1.22. The molecule has 0 atom stereocenters. The highest BCUT2D eigenvalue weighted by Crippen LogP contribution is 2.20. The Morgan fingerprint density at radius 2 is 2.03 bits per heavy atom. The van der Waals surface area contributed by atoms with Gasteiger partial charge in [-0.25, -0.2) is 0 Å². The van der Waals surface area contributed by atoms with Gasteiger partial charge in [-0.15, -0.1) is 0 Å². The number of benzene rings is 1. The zero-order valence-electron chi connectivity index (χ0n) is 17.2. The lowest BCUT2D eigenvalue weighted by Gasteiger charge is -2.30. The van der Waals surface area contributed by atoms with E-state index in [2.05, 4.69) is 26.3 Å². The summed E-state index contributed by atoms with van der Waals surface area (Å²) in [6, 6.07) is 10.1. The fraction of sp³-hybridized carbons (Fsp3) is 0.545. The molecule has 4 rings (SSSR count). The average molecular weight is 398 g/mol. The van der Waals surface area contributed by atoms with E-state index in [0.29, 0.717) is 6.54 Å². The highest BCUT2D eigenvalue weighted by atomic mass is 16.5. The van der Waals surface area contributed by atoms with E-state index in [-0.39, 0.29) is 11.8 Å². The van der Waals surface area contributed by atoms with Gasteiger partial charge >= 0.3 is 0 Å². The van der Waals surface area contributed by atoms with Gasteiger partial charge in [-0.2, -0.15) is 5.10 Å². The molecule has 7 heteroatoms. The standard InChI is InChI=1S/C22H31N5O2/c1-29-21-5-3-17(4-6-21)14-24-22(28)18-7-11-26(12-8-18)16-19-13-20-15-23-9-2-10-27(20)25-19/h3-6,13,18,23H,2,7-12,14-16H2,1H3,(H,24,28). The molecule has 0 spiro atoms. The van der Waals surface area contributed by atoms with E-state index in [1.54, 1.807) is 7.11 Å². The predicted octanol–water partition coefficient (Wildman–Crippen LogP) is 1.91. The second-order valence-corrected chi connectivity index (χ2v) is 8.00. The molecule has 2 aromatic rings. The Labute approximate surface area is 172 Å². The topological polar surface area (TPSA) is 71.4 Å². The van der Waals surface area contributed by atoms with Crippen LogP contribution in [0.15, 0.2) is 30.3 Å². The number of amides is 1. The molecule has 0 bridgehead atoms. The smallest absolute Gasteiger partial charge is 0.223 e. The summed E-state index contributed by atoms with van der Waals surface area (Å²) in [5.41, 5.74) is 3.52. The summed E-state index contributed by atoms with van der Waals surface area (Å²) in [5.74, 6) is 1.10. The van der Waals surface area contributed by atoms with Crippen molar-refractivity contribution in [3.63, 3.8) is 0 Å². The van der Waals surface area contributed by atoms with Gasteiger partial charge < -0.3 is 15.4 Å². The minimum Gasteiger partial charge on any atom is -0.497 e. The number of piperidine rings is 1. The molecule has 0 aliphatic carbocycles. The summed E-state index contributed by atoms with van der Waals surface area (Å²) in [5, 5.41) is 11.3. The largest absolute Gasteiger partial charge is 0.497 e. The first-order valence-electron chi connectivity index (χ1n) is 10.6. The zero-order valence-corrected chi connectivity index (χ0v) is 17.2. The third-order valence-electron chi connectivity index (χ3n) is 5.91. The first kappa shape index (κ1) is 19.9. The number of carbonyl (C=O) groups is 1. The Kier molecular flexibility index (Phi) is 6.46. The number of nitrogens with one attached hydrogen (secondary N) is 2. The molecular weight excluding hydrogens is 366 g/mol. The summed E-state index contributed by atoms with van der Waals surface area (Å²) in [6.45, 7) is 6.30. The fourth-order valence-corrected chi connectivity index (χ4v) is 4.16. The maximum Gasteiger partial charge on any atom is 0.223 e. The van der Waals surface area contributed by atoms with Crippen LogP contribution in [0.4, 0.5) is 0 Å². The van der Waals surface area contributed by atoms with Gasteiger partial charge in [0.25, 0.3) is 0 Å². The molecule has 0 unspecified atom stereocenters. The van der Waals surface area contributed by atoms with Gasteiger partial charge in [-0.1, -0.05) is 12.1 Å². The van der Waals surface area contributed by atoms with Crippen LogP contribution in [-0.4, -0.2) is 47.3 Å². The number of aromatic nitrogens is 2. The van der Waals surface area contributed by atoms with Gasteiger partial charge in [0.05, 0.1) is 18.5 Å². The van der Waals surface area contributed by atoms with E-state index in [0.717, 1.165) is 75.5 Å². The van der Waals surface area contributed by atoms with Crippen molar-refractivity contribution in [2.75, 3.05) is 26.7 Å². The van der Waals surface area contributed by atoms with Gasteiger partial charge in [-0.3, -0.25) is 14.4 Å². The summed E-state index contributed by atoms with van der Waals surface area (Å²) >= 11 is 0. The van der Waals surface area contributed by atoms with E-state index in [4.69, 9.17) is 9.84 Å². The molecular formula is C22H31N5O2. The SMILES string of the molecule is COc1ccc(CNC(=O)C2CCN(Cc3cc4n(n3)CCCNC4)CC2)cc1. The summed E-state index contributed by atoms with van der Waals surface area (Å²) in [6.07, 6.45) is 2.94. The normalized spacial score (nSPS) is 18.1. The molecule has 0 saturated carbocycles. The van der Waals surface area contributed by atoms with Gasteiger partial charge in [0.15, 0.2) is 0 Å². The number of fused-ring (bicyclic) bond motifs is 1. The second-order valence-electron chi connectivity index (χ2n) is 8.00. The fourth-order valence-electron chi connectivity index (χ4n) is 4.16. The molecule has 3 heterocycles. The first-order valence-corrected chi connectivity index (χ1v) is 10.6. The Morgan fingerprint density at radius 1 is 1.24 bits per heavy atom. The number of nitrogens with zero attached hydrogens (tertiary/aromatic N) is 3. The average Bonchev–Trinajstić information content (AvgIpc) is 3.00. The van der Waals surface area contributed by atoms with Gasteiger partial charge in [0, 0.05) is 32.1 Å². The molecule has 1 aromatic carbocycles. The maximum absolute atomic E-state index is 12.5. The van der Waals surface area contributed by atoms with Crippen molar-refractivity contribution in [2.45, 2.75) is 45.4 Å². The third-order valence-corrected chi connectivity index (χ3v) is 5.91. The lowest BCUT2D eigenvalue weighted by Crippen LogP contribution is -2.40. The van der Waals surface area contributed by atoms with E-state index in [9.17, 15) is 4.79 Å². The molecule has 1 fully saturated rings. The quantitative estimate of drug-likeness (QED) is 0.779. The predicted molar refractivity (Wildman–Crippen MR) is 111 cm³/mol. The molecule has 2 N–H and O–H groups in total. The molecule has 1 amide bonds. The number of likely N-dealkylation sites (tertiary alicyclic amines) is 1. The van der Waals surface area contributed by atoms with Crippen molar-refractivity contribution in [2.24, 2.45) is 5.92 Å². The molecule has 156 valence electrons. The van der Waals surface area contributed by atoms with Crippen molar-refractivity contribution in [1.82, 2.24) is 25.3 Å². The van der Waals surface area contributed by atoms with Crippen LogP contribution in [0.25, 0.3) is 0 Å². The molecule has 29 heavy (non-hydrogen) atoms. The Morgan fingerprint density at radius 3 is 2.79 bits per heavy atom. The van der Waals surface area contributed by atoms with Crippen LogP contribution in [-0.2, 0) is 31.0 Å². The highest BCUT2D eigenvalue weighted by molar-refractivity contribution is 5.78. The van der Waals surface area contributed by atoms with Crippen molar-refractivity contribution >= 4 is 5.91 Å². The van der Waals surface area contributed by atoms with Crippen molar-refractivity contribution < 1.29 is 9.53 Å². The maximum atomic E-state index is 12.5. The Bertz CT molecular complexity index is 786. The van der Waals surface area contributed by atoms with Crippen LogP contribution in [0.3, 0.4) is 0 Å². The minimum atomic E-state index is 0.104. The van der Waals surface area contributed by atoms with Crippen molar-refractivity contribution in [3.8, 4) is 5.75 Å². The monoisotopic (exact) mass is 397 g/mol. The number of carbonyl (C=O) groups excluding carboxylic acids is 1. The lowest BCUT2D eigenvalue weighted by molar-refractivity contribution is -0.126. The molecule has 2 aliphatic rings. The van der Waals surface area contributed by atoms with E-state index in [1.807, 2.05) is 24.3 Å². The number of rotatable bonds is 6. The van der Waals surface area contributed by atoms with Crippen LogP contribution < -0.4 is 15.4 Å². The second kappa shape index (κ2) is 9.41. The van der Waals surface area contributed by atoms with Crippen LogP contribution in [0.2, 0.25) is 0 Å². The molecule has 1 saturated heterocycles. The van der Waals surface area contributed by atoms with E-state index in [1.165, 1.54) is 5.69 Å². The zero-order chi connectivity index (χ0) is 20.1. The molecule has 2 aliphatic heterocycles. The highest BCUT2D eigenvalue weighted by Gasteiger charge is 2.25. The molecule has 0 radical (unpaired) electrons. The van der Waals surface area contributed by atoms with Crippen LogP contribution in [0, 0.1) is 5.92 Å². The van der Waals surface area contributed by atoms with E-state index >= 15 is 0 Å². The molecule has 7 nitrogen and oxygen atoms in total. The Hall–Kier alpha value is -2.38. The van der Waals surface area contributed by atoms with Crippen LogP contribution >= 0.6 is 0 Å². The number of methoxy groups -OCH3 is 1. The van der Waals surface area contributed by atoms with Crippen molar-refractivity contribution in [1.29, 1.82) is 0 Å². The molecule has 1 aromatic heterocycles. The third kappa shape index (κ3) is 5.16. The van der Waals surface area contributed by atoms with Gasteiger partial charge in [0.1, 0.15) is 5.75 Å². The first-order chi connectivity index (χ1) is 14.2. The summed E-state index contributed by atoms with van der Waals surface area (Å²) < 4.78 is 7.32. The summed E-state index contributed by atoms with van der Waals surface area (Å²) in [4.78, 5) is 15.0. The van der Waals surface area contributed by atoms with E-state index < -0.39 is 0 Å². The van der Waals surface area contributed by atoms with Gasteiger partial charge in [-0.05, 0) is 62.7 Å². The van der Waals surface area contributed by atoms with Crippen molar-refractivity contribution in [3.05, 3.63) is 47.3 Å². The van der Waals surface area contributed by atoms with Crippen LogP contribution in [0.1, 0.15) is 36.2 Å². The van der Waals surface area contributed by atoms with Crippen LogP contribution in [0.5, 0.6) is 5.75 Å². The lowest BCUT2D eigenvalue weighted by atomic mass is 9.95. The number of hydrogen-bond acceptors (Lipinski definition) is 5. The summed E-state index contributed by atoms with van der Waals surface area (Å²) in [7, 11) is 1.66.